The van der Waals surface area contributed by atoms with Crippen molar-refractivity contribution in [1.29, 1.82) is 0 Å². The van der Waals surface area contributed by atoms with Crippen LogP contribution < -0.4 is 14.4 Å². The Morgan fingerprint density at radius 3 is 2.23 bits per heavy atom. The zero-order valence-electron chi connectivity index (χ0n) is 28.0. The summed E-state index contributed by atoms with van der Waals surface area (Å²) in [4.78, 5) is 30.7. The first-order valence-electron chi connectivity index (χ1n) is 16.6. The maximum absolute atomic E-state index is 14.8. The number of hydrogen-bond acceptors (Lipinski definition) is 5. The third-order valence-corrected chi connectivity index (χ3v) is 10.8. The Labute approximate surface area is 284 Å². The molecule has 9 heteroatoms. The molecule has 8 nitrogen and oxygen atoms in total. The highest BCUT2D eigenvalue weighted by atomic mass is 32.2. The SMILES string of the molecule is COc1cccc(N(CC(=O)N(Cc2ccccc2C)[C@H](Cc2ccccc2)C(=O)NC2CCCCC2)S(=O)(=O)c2ccc(C)cc2)c1. The Bertz CT molecular complexity index is 1790. The first-order valence-corrected chi connectivity index (χ1v) is 18.0. The number of hydrogen-bond donors (Lipinski definition) is 1. The van der Waals surface area contributed by atoms with E-state index < -0.39 is 28.5 Å². The normalized spacial score (nSPS) is 14.1. The molecule has 1 saturated carbocycles. The molecule has 0 unspecified atom stereocenters. The summed E-state index contributed by atoms with van der Waals surface area (Å²) >= 11 is 0. The number of aryl methyl sites for hydroxylation is 2. The van der Waals surface area contributed by atoms with Crippen LogP contribution in [-0.2, 0) is 32.6 Å². The Kier molecular flexibility index (Phi) is 11.5. The van der Waals surface area contributed by atoms with Gasteiger partial charge in [-0.05, 0) is 67.6 Å². The molecule has 1 aliphatic rings. The number of amides is 2. The van der Waals surface area contributed by atoms with Gasteiger partial charge in [-0.25, -0.2) is 8.42 Å². The number of benzene rings is 4. The van der Waals surface area contributed by atoms with Gasteiger partial charge in [-0.15, -0.1) is 0 Å². The molecule has 1 aliphatic carbocycles. The number of methoxy groups -OCH3 is 1. The quantitative estimate of drug-likeness (QED) is 0.174. The molecule has 0 heterocycles. The molecule has 4 aromatic rings. The van der Waals surface area contributed by atoms with Crippen molar-refractivity contribution in [2.24, 2.45) is 0 Å². The zero-order valence-corrected chi connectivity index (χ0v) is 28.8. The second kappa shape index (κ2) is 16.0. The topological polar surface area (TPSA) is 96.0 Å². The Hall–Kier alpha value is -4.63. The molecule has 5 rings (SSSR count). The minimum Gasteiger partial charge on any atom is -0.497 e. The Balaban J connectivity index is 1.58. The van der Waals surface area contributed by atoms with Crippen LogP contribution >= 0.6 is 0 Å². The molecule has 4 aromatic carbocycles. The van der Waals surface area contributed by atoms with E-state index in [0.717, 1.165) is 58.7 Å². The molecular weight excluding hydrogens is 623 g/mol. The van der Waals surface area contributed by atoms with Crippen molar-refractivity contribution < 1.29 is 22.7 Å². The lowest BCUT2D eigenvalue weighted by molar-refractivity contribution is -0.140. The van der Waals surface area contributed by atoms with Gasteiger partial charge in [-0.2, -0.15) is 0 Å². The molecule has 0 aliphatic heterocycles. The van der Waals surface area contributed by atoms with Crippen LogP contribution in [0.1, 0.15) is 54.4 Å². The summed E-state index contributed by atoms with van der Waals surface area (Å²) in [5.41, 5.74) is 3.95. The van der Waals surface area contributed by atoms with Gasteiger partial charge in [0, 0.05) is 25.1 Å². The fourth-order valence-corrected chi connectivity index (χ4v) is 7.61. The van der Waals surface area contributed by atoms with E-state index in [9.17, 15) is 18.0 Å². The molecule has 0 radical (unpaired) electrons. The molecule has 1 N–H and O–H groups in total. The molecule has 1 fully saturated rings. The Morgan fingerprint density at radius 1 is 0.854 bits per heavy atom. The summed E-state index contributed by atoms with van der Waals surface area (Å²) in [5, 5.41) is 3.26. The Morgan fingerprint density at radius 2 is 1.54 bits per heavy atom. The van der Waals surface area contributed by atoms with E-state index in [4.69, 9.17) is 4.74 Å². The van der Waals surface area contributed by atoms with Crippen molar-refractivity contribution in [3.63, 3.8) is 0 Å². The first kappa shape index (κ1) is 34.7. The highest BCUT2D eigenvalue weighted by Crippen LogP contribution is 2.28. The van der Waals surface area contributed by atoms with Crippen LogP contribution in [0.2, 0.25) is 0 Å². The van der Waals surface area contributed by atoms with Crippen LogP contribution in [0.3, 0.4) is 0 Å². The molecule has 2 amide bonds. The van der Waals surface area contributed by atoms with Gasteiger partial charge in [0.1, 0.15) is 18.3 Å². The number of nitrogens with zero attached hydrogens (tertiary/aromatic N) is 2. The lowest BCUT2D eigenvalue weighted by atomic mass is 9.94. The number of carbonyl (C=O) groups excluding carboxylic acids is 2. The van der Waals surface area contributed by atoms with Gasteiger partial charge in [0.05, 0.1) is 17.7 Å². The molecule has 0 saturated heterocycles. The maximum atomic E-state index is 14.8. The average Bonchev–Trinajstić information content (AvgIpc) is 3.10. The van der Waals surface area contributed by atoms with Gasteiger partial charge in [0.2, 0.25) is 11.8 Å². The van der Waals surface area contributed by atoms with Crippen molar-refractivity contribution in [3.05, 3.63) is 125 Å². The van der Waals surface area contributed by atoms with E-state index in [1.54, 1.807) is 53.4 Å². The van der Waals surface area contributed by atoms with Crippen LogP contribution in [0.4, 0.5) is 5.69 Å². The van der Waals surface area contributed by atoms with E-state index in [-0.39, 0.29) is 35.5 Å². The van der Waals surface area contributed by atoms with E-state index in [2.05, 4.69) is 5.32 Å². The lowest BCUT2D eigenvalue weighted by Gasteiger charge is -2.35. The number of rotatable bonds is 13. The molecule has 0 aromatic heterocycles. The summed E-state index contributed by atoms with van der Waals surface area (Å²) in [5.74, 6) is -0.270. The maximum Gasteiger partial charge on any atom is 0.264 e. The minimum absolute atomic E-state index is 0.0372. The van der Waals surface area contributed by atoms with Crippen molar-refractivity contribution in [2.45, 2.75) is 75.9 Å². The summed E-state index contributed by atoms with van der Waals surface area (Å²) in [7, 11) is -2.70. The largest absolute Gasteiger partial charge is 0.497 e. The minimum atomic E-state index is -4.20. The molecule has 1 atom stereocenters. The standard InChI is InChI=1S/C39H45N3O5S/c1-29-21-23-36(24-22-29)48(45,46)42(34-19-12-20-35(26-34)47-3)28-38(43)41(27-32-16-11-10-13-30(32)2)37(25-31-14-6-4-7-15-31)39(44)40-33-17-8-5-9-18-33/h4,6-7,10-16,19-24,26,33,37H,5,8-9,17-18,25,27-28H2,1-3H3,(H,40,44)/t37-/m1/s1. The van der Waals surface area contributed by atoms with Gasteiger partial charge in [-0.1, -0.05) is 97.6 Å². The van der Waals surface area contributed by atoms with Crippen molar-refractivity contribution in [1.82, 2.24) is 10.2 Å². The van der Waals surface area contributed by atoms with Crippen LogP contribution in [0, 0.1) is 13.8 Å². The van der Waals surface area contributed by atoms with E-state index in [0.29, 0.717) is 5.75 Å². The van der Waals surface area contributed by atoms with E-state index >= 15 is 0 Å². The lowest BCUT2D eigenvalue weighted by Crippen LogP contribution is -2.55. The van der Waals surface area contributed by atoms with Gasteiger partial charge < -0.3 is 15.0 Å². The predicted molar refractivity (Wildman–Crippen MR) is 189 cm³/mol. The molecular formula is C39H45N3O5S. The van der Waals surface area contributed by atoms with Gasteiger partial charge in [-0.3, -0.25) is 13.9 Å². The molecule has 252 valence electrons. The van der Waals surface area contributed by atoms with Crippen LogP contribution in [0.25, 0.3) is 0 Å². The second-order valence-corrected chi connectivity index (χ2v) is 14.4. The first-order chi connectivity index (χ1) is 23.2. The smallest absolute Gasteiger partial charge is 0.264 e. The molecule has 0 spiro atoms. The number of carbonyl (C=O) groups is 2. The summed E-state index contributed by atoms with van der Waals surface area (Å²) in [6, 6.07) is 29.7. The average molecular weight is 668 g/mol. The highest BCUT2D eigenvalue weighted by molar-refractivity contribution is 7.92. The van der Waals surface area contributed by atoms with Crippen molar-refractivity contribution in [3.8, 4) is 5.75 Å². The highest BCUT2D eigenvalue weighted by Gasteiger charge is 2.35. The van der Waals surface area contributed by atoms with Crippen LogP contribution in [0.5, 0.6) is 5.75 Å². The monoisotopic (exact) mass is 667 g/mol. The van der Waals surface area contributed by atoms with Crippen molar-refractivity contribution >= 4 is 27.5 Å². The second-order valence-electron chi connectivity index (χ2n) is 12.5. The van der Waals surface area contributed by atoms with Crippen LogP contribution in [0.15, 0.2) is 108 Å². The van der Waals surface area contributed by atoms with Gasteiger partial charge in [0.15, 0.2) is 0 Å². The zero-order chi connectivity index (χ0) is 34.1. The fraction of sp³-hybridized carbons (Fsp3) is 0.333. The predicted octanol–water partition coefficient (Wildman–Crippen LogP) is 6.60. The van der Waals surface area contributed by atoms with Crippen molar-refractivity contribution in [2.75, 3.05) is 18.0 Å². The number of anilines is 1. The summed E-state index contributed by atoms with van der Waals surface area (Å²) in [6.45, 7) is 3.47. The van der Waals surface area contributed by atoms with Gasteiger partial charge in [0.25, 0.3) is 10.0 Å². The van der Waals surface area contributed by atoms with Gasteiger partial charge >= 0.3 is 0 Å². The van der Waals surface area contributed by atoms with E-state index in [1.165, 1.54) is 7.11 Å². The summed E-state index contributed by atoms with van der Waals surface area (Å²) < 4.78 is 35.2. The van der Waals surface area contributed by atoms with Crippen LogP contribution in [-0.4, -0.2) is 50.9 Å². The third kappa shape index (κ3) is 8.63. The van der Waals surface area contributed by atoms with E-state index in [1.807, 2.05) is 68.4 Å². The molecule has 48 heavy (non-hydrogen) atoms. The third-order valence-electron chi connectivity index (χ3n) is 9.05. The fourth-order valence-electron chi connectivity index (χ4n) is 6.20. The molecule has 0 bridgehead atoms. The number of sulfonamides is 1. The summed E-state index contributed by atoms with van der Waals surface area (Å²) in [6.07, 6.45) is 5.31. The number of nitrogens with one attached hydrogen (secondary N) is 1. The number of ether oxygens (including phenoxy) is 1.